The second-order valence-electron chi connectivity index (χ2n) is 4.97. The van der Waals surface area contributed by atoms with Crippen molar-refractivity contribution >= 4 is 28.3 Å². The van der Waals surface area contributed by atoms with E-state index in [2.05, 4.69) is 25.3 Å². The topological polar surface area (TPSA) is 96.1 Å². The van der Waals surface area contributed by atoms with Gasteiger partial charge >= 0.3 is 5.97 Å². The molecular weight excluding hydrogens is 304 g/mol. The minimum absolute atomic E-state index is 0.0530. The fraction of sp³-hybridized carbons (Fsp3) is 0.357. The molecule has 22 heavy (non-hydrogen) atoms. The molecule has 3 rings (SSSR count). The number of nitrogens with one attached hydrogen (secondary N) is 3. The van der Waals surface area contributed by atoms with Gasteiger partial charge in [0.05, 0.1) is 18.8 Å². The molecule has 0 aromatic carbocycles. The Bertz CT molecular complexity index is 688. The predicted octanol–water partition coefficient (Wildman–Crippen LogP) is 1.62. The largest absolute Gasteiger partial charge is 0.464 e. The molecule has 3 N–H and O–H groups in total. The molecule has 0 spiro atoms. The highest BCUT2D eigenvalue weighted by Crippen LogP contribution is 2.26. The summed E-state index contributed by atoms with van der Waals surface area (Å²) in [5.74, 6) is -0.481. The number of aromatic nitrogens is 2. The van der Waals surface area contributed by atoms with E-state index < -0.39 is 5.97 Å². The highest BCUT2D eigenvalue weighted by Gasteiger charge is 2.22. The zero-order chi connectivity index (χ0) is 15.5. The van der Waals surface area contributed by atoms with Gasteiger partial charge in [-0.2, -0.15) is 0 Å². The molecule has 1 saturated heterocycles. The molecule has 1 atom stereocenters. The number of aromatic amines is 1. The van der Waals surface area contributed by atoms with Crippen LogP contribution in [0.2, 0.25) is 0 Å². The molecule has 0 saturated carbocycles. The highest BCUT2D eigenvalue weighted by molar-refractivity contribution is 7.14. The molecule has 0 radical (unpaired) electrons. The number of ether oxygens (including phenoxy) is 1. The first-order valence-corrected chi connectivity index (χ1v) is 7.82. The third kappa shape index (κ3) is 3.02. The zero-order valence-corrected chi connectivity index (χ0v) is 12.8. The number of carbonyl (C=O) groups is 2. The van der Waals surface area contributed by atoms with Crippen LogP contribution in [0.3, 0.4) is 0 Å². The van der Waals surface area contributed by atoms with Gasteiger partial charge in [0.15, 0.2) is 5.13 Å². The minimum Gasteiger partial charge on any atom is -0.464 e. The Kier molecular flexibility index (Phi) is 4.21. The molecule has 8 heteroatoms. The number of esters is 1. The molecule has 1 amide bonds. The second-order valence-corrected chi connectivity index (χ2v) is 5.83. The lowest BCUT2D eigenvalue weighted by molar-refractivity contribution is -0.117. The fourth-order valence-corrected chi connectivity index (χ4v) is 3.06. The van der Waals surface area contributed by atoms with Gasteiger partial charge in [-0.15, -0.1) is 11.3 Å². The first-order chi connectivity index (χ1) is 10.7. The summed E-state index contributed by atoms with van der Waals surface area (Å²) in [6.07, 6.45) is 3.55. The van der Waals surface area contributed by atoms with Crippen LogP contribution in [0.4, 0.5) is 5.13 Å². The first-order valence-electron chi connectivity index (χ1n) is 6.94. The Morgan fingerprint density at radius 3 is 3.09 bits per heavy atom. The van der Waals surface area contributed by atoms with Crippen LogP contribution in [0.5, 0.6) is 0 Å². The number of H-pyrrole nitrogens is 1. The summed E-state index contributed by atoms with van der Waals surface area (Å²) in [4.78, 5) is 30.7. The third-order valence-corrected chi connectivity index (χ3v) is 4.25. The molecule has 1 aliphatic heterocycles. The zero-order valence-electron chi connectivity index (χ0n) is 12.0. The van der Waals surface area contributed by atoms with Gasteiger partial charge in [0, 0.05) is 17.1 Å². The van der Waals surface area contributed by atoms with E-state index in [1.54, 1.807) is 12.3 Å². The van der Waals surface area contributed by atoms with Gasteiger partial charge in [0.2, 0.25) is 5.91 Å². The standard InChI is InChI=1S/C14H16N4O3S/c1-21-13(20)10-5-8(6-16-10)11-7-22-14(17-11)18-12(19)9-3-2-4-15-9/h5-7,9,15-16H,2-4H2,1H3,(H,17,18,19). The summed E-state index contributed by atoms with van der Waals surface area (Å²) in [5.41, 5.74) is 1.84. The summed E-state index contributed by atoms with van der Waals surface area (Å²) < 4.78 is 4.65. The van der Waals surface area contributed by atoms with Crippen molar-refractivity contribution in [1.29, 1.82) is 0 Å². The molecule has 1 unspecified atom stereocenters. The Morgan fingerprint density at radius 1 is 1.50 bits per heavy atom. The summed E-state index contributed by atoms with van der Waals surface area (Å²) in [6.45, 7) is 0.876. The Balaban J connectivity index is 1.69. The monoisotopic (exact) mass is 320 g/mol. The summed E-state index contributed by atoms with van der Waals surface area (Å²) >= 11 is 1.35. The van der Waals surface area contributed by atoms with Crippen molar-refractivity contribution in [2.75, 3.05) is 19.0 Å². The van der Waals surface area contributed by atoms with Crippen molar-refractivity contribution in [3.63, 3.8) is 0 Å². The Morgan fingerprint density at radius 2 is 2.36 bits per heavy atom. The maximum absolute atomic E-state index is 12.0. The quantitative estimate of drug-likeness (QED) is 0.744. The van der Waals surface area contributed by atoms with Gasteiger partial charge in [0.1, 0.15) is 5.69 Å². The molecule has 0 aliphatic carbocycles. The van der Waals surface area contributed by atoms with Crippen molar-refractivity contribution in [3.05, 3.63) is 23.3 Å². The molecule has 7 nitrogen and oxygen atoms in total. The summed E-state index contributed by atoms with van der Waals surface area (Å²) in [5, 5.41) is 8.35. The molecular formula is C14H16N4O3S. The van der Waals surface area contributed by atoms with Crippen LogP contribution in [-0.4, -0.2) is 41.5 Å². The van der Waals surface area contributed by atoms with Crippen molar-refractivity contribution in [2.24, 2.45) is 0 Å². The van der Waals surface area contributed by atoms with Crippen molar-refractivity contribution < 1.29 is 14.3 Å². The lowest BCUT2D eigenvalue weighted by Crippen LogP contribution is -2.35. The van der Waals surface area contributed by atoms with Crippen LogP contribution in [0, 0.1) is 0 Å². The van der Waals surface area contributed by atoms with E-state index in [1.165, 1.54) is 18.4 Å². The van der Waals surface area contributed by atoms with Gasteiger partial charge < -0.3 is 20.4 Å². The van der Waals surface area contributed by atoms with Gasteiger partial charge in [-0.05, 0) is 25.5 Å². The smallest absolute Gasteiger partial charge is 0.354 e. The number of amides is 1. The van der Waals surface area contributed by atoms with E-state index >= 15 is 0 Å². The van der Waals surface area contributed by atoms with E-state index in [0.29, 0.717) is 16.5 Å². The molecule has 0 bridgehead atoms. The number of rotatable bonds is 4. The van der Waals surface area contributed by atoms with Gasteiger partial charge in [-0.3, -0.25) is 4.79 Å². The number of methoxy groups -OCH3 is 1. The van der Waals surface area contributed by atoms with E-state index in [9.17, 15) is 9.59 Å². The number of thiazole rings is 1. The van der Waals surface area contributed by atoms with Crippen LogP contribution in [0.15, 0.2) is 17.6 Å². The van der Waals surface area contributed by atoms with Gasteiger partial charge in [-0.1, -0.05) is 0 Å². The van der Waals surface area contributed by atoms with Crippen molar-refractivity contribution in [3.8, 4) is 11.3 Å². The van der Waals surface area contributed by atoms with Gasteiger partial charge in [-0.25, -0.2) is 9.78 Å². The number of hydrogen-bond donors (Lipinski definition) is 3. The van der Waals surface area contributed by atoms with Crippen molar-refractivity contribution in [2.45, 2.75) is 18.9 Å². The molecule has 1 fully saturated rings. The van der Waals surface area contributed by atoms with Crippen LogP contribution in [0.1, 0.15) is 23.3 Å². The summed E-state index contributed by atoms with van der Waals surface area (Å²) in [7, 11) is 1.33. The molecule has 116 valence electrons. The van der Waals surface area contributed by atoms with Crippen LogP contribution < -0.4 is 10.6 Å². The van der Waals surface area contributed by atoms with Crippen molar-refractivity contribution in [1.82, 2.24) is 15.3 Å². The van der Waals surface area contributed by atoms with Crippen LogP contribution in [-0.2, 0) is 9.53 Å². The van der Waals surface area contributed by atoms with E-state index in [1.807, 2.05) is 5.38 Å². The number of nitrogens with zero attached hydrogens (tertiary/aromatic N) is 1. The molecule has 1 aliphatic rings. The lowest BCUT2D eigenvalue weighted by Gasteiger charge is -2.08. The highest BCUT2D eigenvalue weighted by atomic mass is 32.1. The number of hydrogen-bond acceptors (Lipinski definition) is 6. The number of carbonyl (C=O) groups excluding carboxylic acids is 2. The fourth-order valence-electron chi connectivity index (χ4n) is 2.33. The second kappa shape index (κ2) is 6.29. The molecule has 2 aromatic heterocycles. The van der Waals surface area contributed by atoms with Gasteiger partial charge in [0.25, 0.3) is 0 Å². The predicted molar refractivity (Wildman–Crippen MR) is 82.9 cm³/mol. The Hall–Kier alpha value is -2.19. The Labute approximate surface area is 131 Å². The maximum atomic E-state index is 12.0. The maximum Gasteiger partial charge on any atom is 0.354 e. The first kappa shape index (κ1) is 14.7. The normalized spacial score (nSPS) is 17.4. The number of anilines is 1. The SMILES string of the molecule is COC(=O)c1cc(-c2csc(NC(=O)C3CCCN3)n2)c[nH]1. The third-order valence-electron chi connectivity index (χ3n) is 3.50. The van der Waals surface area contributed by atoms with E-state index in [0.717, 1.165) is 24.9 Å². The minimum atomic E-state index is -0.428. The molecule has 2 aromatic rings. The summed E-state index contributed by atoms with van der Waals surface area (Å²) in [6, 6.07) is 1.54. The molecule has 3 heterocycles. The average Bonchev–Trinajstić information content (AvgIpc) is 3.25. The van der Waals surface area contributed by atoms with Crippen LogP contribution >= 0.6 is 11.3 Å². The average molecular weight is 320 g/mol. The van der Waals surface area contributed by atoms with E-state index in [-0.39, 0.29) is 11.9 Å². The lowest BCUT2D eigenvalue weighted by atomic mass is 10.2. The van der Waals surface area contributed by atoms with E-state index in [4.69, 9.17) is 0 Å². The van der Waals surface area contributed by atoms with Crippen LogP contribution in [0.25, 0.3) is 11.3 Å².